The second kappa shape index (κ2) is 3.70. The van der Waals surface area contributed by atoms with Gasteiger partial charge in [-0.1, -0.05) is 6.92 Å². The highest BCUT2D eigenvalue weighted by Gasteiger charge is 2.43. The Balaban J connectivity index is 2.14. The van der Waals surface area contributed by atoms with E-state index in [9.17, 15) is 4.79 Å². The van der Waals surface area contributed by atoms with Crippen molar-refractivity contribution < 1.29 is 14.3 Å². The van der Waals surface area contributed by atoms with Crippen molar-refractivity contribution >= 4 is 5.97 Å². The Bertz CT molecular complexity index is 347. The van der Waals surface area contributed by atoms with Gasteiger partial charge in [0.2, 0.25) is 0 Å². The molecule has 1 fully saturated rings. The fourth-order valence-electron chi connectivity index (χ4n) is 2.25. The van der Waals surface area contributed by atoms with Gasteiger partial charge in [-0.3, -0.25) is 4.79 Å². The molecule has 0 aromatic carbocycles. The molecule has 0 aliphatic carbocycles. The summed E-state index contributed by atoms with van der Waals surface area (Å²) >= 11 is 0. The molecule has 1 aliphatic rings. The van der Waals surface area contributed by atoms with E-state index in [0.29, 0.717) is 13.0 Å². The average molecular weight is 209 g/mol. The first-order valence-electron chi connectivity index (χ1n) is 5.08. The van der Waals surface area contributed by atoms with Crippen molar-refractivity contribution in [2.45, 2.75) is 13.3 Å². The average Bonchev–Trinajstić information content (AvgIpc) is 2.75. The summed E-state index contributed by atoms with van der Waals surface area (Å²) in [6, 6.07) is 3.72. The molecule has 4 nitrogen and oxygen atoms in total. The van der Waals surface area contributed by atoms with Gasteiger partial charge in [-0.2, -0.15) is 0 Å². The highest BCUT2D eigenvalue weighted by atomic mass is 16.4. The van der Waals surface area contributed by atoms with Crippen LogP contribution in [0.4, 0.5) is 0 Å². The molecule has 15 heavy (non-hydrogen) atoms. The predicted molar refractivity (Wildman–Crippen MR) is 54.5 cm³/mol. The molecule has 0 radical (unpaired) electrons. The Hall–Kier alpha value is -1.29. The van der Waals surface area contributed by atoms with Gasteiger partial charge in [-0.15, -0.1) is 0 Å². The normalized spacial score (nSPS) is 30.6. The minimum absolute atomic E-state index is 0.246. The molecule has 2 N–H and O–H groups in total. The third-order valence-corrected chi connectivity index (χ3v) is 3.17. The molecule has 2 atom stereocenters. The van der Waals surface area contributed by atoms with Crippen molar-refractivity contribution in [3.8, 4) is 0 Å². The van der Waals surface area contributed by atoms with Crippen LogP contribution in [0.1, 0.15) is 12.7 Å². The molecule has 1 aromatic heterocycles. The van der Waals surface area contributed by atoms with Crippen LogP contribution in [0.5, 0.6) is 0 Å². The molecule has 2 rings (SSSR count). The van der Waals surface area contributed by atoms with Crippen molar-refractivity contribution in [1.29, 1.82) is 0 Å². The number of hydrogen-bond acceptors (Lipinski definition) is 3. The van der Waals surface area contributed by atoms with Crippen molar-refractivity contribution in [3.63, 3.8) is 0 Å². The van der Waals surface area contributed by atoms with E-state index < -0.39 is 5.97 Å². The Morgan fingerprint density at radius 1 is 1.80 bits per heavy atom. The van der Waals surface area contributed by atoms with Crippen LogP contribution in [-0.4, -0.2) is 24.2 Å². The van der Waals surface area contributed by atoms with E-state index in [0.717, 1.165) is 12.3 Å². The predicted octanol–water partition coefficient (Wildman–Crippen LogP) is 1.13. The van der Waals surface area contributed by atoms with Crippen LogP contribution in [-0.2, 0) is 11.2 Å². The number of carbonyl (C=O) groups is 1. The molecule has 0 saturated carbocycles. The zero-order chi connectivity index (χ0) is 10.9. The highest BCUT2D eigenvalue weighted by molar-refractivity contribution is 5.72. The number of furan rings is 1. The topological polar surface area (TPSA) is 62.5 Å². The molecule has 2 unspecified atom stereocenters. The summed E-state index contributed by atoms with van der Waals surface area (Å²) in [4.78, 5) is 11.1. The summed E-state index contributed by atoms with van der Waals surface area (Å²) < 4.78 is 5.27. The highest BCUT2D eigenvalue weighted by Crippen LogP contribution is 2.34. The van der Waals surface area contributed by atoms with Gasteiger partial charge in [0.05, 0.1) is 12.2 Å². The molecular weight excluding hydrogens is 194 g/mol. The van der Waals surface area contributed by atoms with Gasteiger partial charge in [-0.25, -0.2) is 0 Å². The summed E-state index contributed by atoms with van der Waals surface area (Å²) in [5.74, 6) is -0.205. The van der Waals surface area contributed by atoms with Gasteiger partial charge < -0.3 is 14.8 Å². The van der Waals surface area contributed by atoms with Crippen LogP contribution < -0.4 is 5.32 Å². The van der Waals surface area contributed by atoms with Gasteiger partial charge in [-0.05, 0) is 12.1 Å². The SMILES string of the molecule is CC1(Cc2ccco2)CNCC1C(=O)O. The van der Waals surface area contributed by atoms with Gasteiger partial charge >= 0.3 is 5.97 Å². The maximum atomic E-state index is 11.1. The summed E-state index contributed by atoms with van der Waals surface area (Å²) in [7, 11) is 0. The molecule has 1 aromatic rings. The van der Waals surface area contributed by atoms with Crippen LogP contribution in [0.3, 0.4) is 0 Å². The standard InChI is InChI=1S/C11H15NO3/c1-11(5-8-3-2-4-15-8)7-12-6-9(11)10(13)14/h2-4,9,12H,5-7H2,1H3,(H,13,14). The smallest absolute Gasteiger partial charge is 0.308 e. The van der Waals surface area contributed by atoms with E-state index in [1.54, 1.807) is 6.26 Å². The number of rotatable bonds is 3. The second-order valence-electron chi connectivity index (χ2n) is 4.43. The van der Waals surface area contributed by atoms with Gasteiger partial charge in [0.25, 0.3) is 0 Å². The van der Waals surface area contributed by atoms with Gasteiger partial charge in [0.1, 0.15) is 5.76 Å². The lowest BCUT2D eigenvalue weighted by molar-refractivity contribution is -0.144. The number of carboxylic acids is 1. The number of aliphatic carboxylic acids is 1. The summed E-state index contributed by atoms with van der Waals surface area (Å²) in [6.45, 7) is 3.27. The van der Waals surface area contributed by atoms with E-state index in [4.69, 9.17) is 9.52 Å². The van der Waals surface area contributed by atoms with Gasteiger partial charge in [0, 0.05) is 24.9 Å². The maximum absolute atomic E-state index is 11.1. The van der Waals surface area contributed by atoms with E-state index in [2.05, 4.69) is 5.32 Å². The lowest BCUT2D eigenvalue weighted by atomic mass is 9.76. The van der Waals surface area contributed by atoms with E-state index in [-0.39, 0.29) is 11.3 Å². The fourth-order valence-corrected chi connectivity index (χ4v) is 2.25. The molecule has 0 amide bonds. The van der Waals surface area contributed by atoms with Crippen molar-refractivity contribution in [3.05, 3.63) is 24.2 Å². The first-order valence-corrected chi connectivity index (χ1v) is 5.08. The van der Waals surface area contributed by atoms with Crippen LogP contribution in [0.15, 0.2) is 22.8 Å². The first kappa shape index (κ1) is 10.2. The third-order valence-electron chi connectivity index (χ3n) is 3.17. The number of carboxylic acid groups (broad SMARTS) is 1. The quantitative estimate of drug-likeness (QED) is 0.783. The monoisotopic (exact) mass is 209 g/mol. The number of hydrogen-bond donors (Lipinski definition) is 2. The molecule has 4 heteroatoms. The molecular formula is C11H15NO3. The van der Waals surface area contributed by atoms with Crippen LogP contribution in [0.25, 0.3) is 0 Å². The molecule has 82 valence electrons. The summed E-state index contributed by atoms with van der Waals surface area (Å²) in [6.07, 6.45) is 2.29. The maximum Gasteiger partial charge on any atom is 0.308 e. The Kier molecular flexibility index (Phi) is 2.52. The molecule has 1 aliphatic heterocycles. The molecule has 1 saturated heterocycles. The minimum Gasteiger partial charge on any atom is -0.481 e. The van der Waals surface area contributed by atoms with Crippen molar-refractivity contribution in [1.82, 2.24) is 5.32 Å². The zero-order valence-corrected chi connectivity index (χ0v) is 8.69. The van der Waals surface area contributed by atoms with Crippen molar-refractivity contribution in [2.75, 3.05) is 13.1 Å². The first-order chi connectivity index (χ1) is 7.12. The fraction of sp³-hybridized carbons (Fsp3) is 0.545. The minimum atomic E-state index is -0.728. The van der Waals surface area contributed by atoms with Crippen LogP contribution in [0.2, 0.25) is 0 Å². The third kappa shape index (κ3) is 1.90. The lowest BCUT2D eigenvalue weighted by Crippen LogP contribution is -2.34. The summed E-state index contributed by atoms with van der Waals surface area (Å²) in [5.41, 5.74) is -0.246. The van der Waals surface area contributed by atoms with Gasteiger partial charge in [0.15, 0.2) is 0 Å². The van der Waals surface area contributed by atoms with E-state index in [1.807, 2.05) is 19.1 Å². The molecule has 2 heterocycles. The largest absolute Gasteiger partial charge is 0.481 e. The van der Waals surface area contributed by atoms with Crippen LogP contribution in [0, 0.1) is 11.3 Å². The zero-order valence-electron chi connectivity index (χ0n) is 8.69. The Labute approximate surface area is 88.3 Å². The van der Waals surface area contributed by atoms with Crippen molar-refractivity contribution in [2.24, 2.45) is 11.3 Å². The lowest BCUT2D eigenvalue weighted by Gasteiger charge is -2.26. The second-order valence-corrected chi connectivity index (χ2v) is 4.43. The van der Waals surface area contributed by atoms with Crippen LogP contribution >= 0.6 is 0 Å². The summed E-state index contributed by atoms with van der Waals surface area (Å²) in [5, 5.41) is 12.2. The molecule has 0 spiro atoms. The Morgan fingerprint density at radius 3 is 3.20 bits per heavy atom. The number of nitrogens with one attached hydrogen (secondary N) is 1. The van der Waals surface area contributed by atoms with E-state index >= 15 is 0 Å². The van der Waals surface area contributed by atoms with E-state index in [1.165, 1.54) is 0 Å². The molecule has 0 bridgehead atoms. The Morgan fingerprint density at radius 2 is 2.60 bits per heavy atom.